The van der Waals surface area contributed by atoms with Crippen LogP contribution in [-0.4, -0.2) is 34.6 Å². The van der Waals surface area contributed by atoms with Gasteiger partial charge in [0, 0.05) is 19.0 Å². The lowest BCUT2D eigenvalue weighted by Crippen LogP contribution is -2.31. The second-order valence-corrected chi connectivity index (χ2v) is 5.74. The molecular formula is C12H20BrN3O. The van der Waals surface area contributed by atoms with Crippen molar-refractivity contribution in [3.05, 3.63) is 15.9 Å². The third kappa shape index (κ3) is 2.41. The van der Waals surface area contributed by atoms with Gasteiger partial charge in [-0.2, -0.15) is 5.10 Å². The van der Waals surface area contributed by atoms with Gasteiger partial charge >= 0.3 is 0 Å². The average Bonchev–Trinajstić information content (AvgIpc) is 2.90. The molecule has 2 rings (SSSR count). The van der Waals surface area contributed by atoms with E-state index in [1.807, 2.05) is 11.7 Å². The first-order valence-corrected chi connectivity index (χ1v) is 6.93. The van der Waals surface area contributed by atoms with Crippen molar-refractivity contribution in [2.75, 3.05) is 19.7 Å². The van der Waals surface area contributed by atoms with Crippen molar-refractivity contribution in [1.29, 1.82) is 0 Å². The number of aliphatic hydroxyl groups is 1. The lowest BCUT2D eigenvalue weighted by atomic mass is 9.83. The van der Waals surface area contributed by atoms with E-state index in [1.165, 1.54) is 5.69 Å². The Bertz CT molecular complexity index is 397. The monoisotopic (exact) mass is 301 g/mol. The zero-order valence-corrected chi connectivity index (χ0v) is 12.0. The van der Waals surface area contributed by atoms with Crippen molar-refractivity contribution >= 4 is 15.9 Å². The van der Waals surface area contributed by atoms with Gasteiger partial charge < -0.3 is 10.4 Å². The molecule has 17 heavy (non-hydrogen) atoms. The number of aliphatic hydroxyl groups excluding tert-OH is 1. The van der Waals surface area contributed by atoms with Gasteiger partial charge in [-0.1, -0.05) is 6.92 Å². The summed E-state index contributed by atoms with van der Waals surface area (Å²) in [4.78, 5) is 0. The van der Waals surface area contributed by atoms with Gasteiger partial charge in [-0.05, 0) is 41.7 Å². The second kappa shape index (κ2) is 5.08. The lowest BCUT2D eigenvalue weighted by Gasteiger charge is -2.25. The van der Waals surface area contributed by atoms with E-state index in [0.29, 0.717) is 0 Å². The van der Waals surface area contributed by atoms with E-state index in [1.54, 1.807) is 0 Å². The van der Waals surface area contributed by atoms with Crippen LogP contribution in [-0.2, 0) is 19.9 Å². The highest BCUT2D eigenvalue weighted by Crippen LogP contribution is 2.33. The van der Waals surface area contributed by atoms with Crippen LogP contribution in [0.15, 0.2) is 4.47 Å². The summed E-state index contributed by atoms with van der Waals surface area (Å²) in [5.74, 6) is 0. The Hall–Kier alpha value is -0.390. The first-order chi connectivity index (χ1) is 8.12. The Morgan fingerprint density at radius 2 is 2.35 bits per heavy atom. The molecule has 0 saturated carbocycles. The minimum atomic E-state index is -0.0126. The van der Waals surface area contributed by atoms with Crippen LogP contribution in [0.1, 0.15) is 24.7 Å². The third-order valence-corrected chi connectivity index (χ3v) is 4.63. The molecule has 2 heterocycles. The van der Waals surface area contributed by atoms with E-state index in [9.17, 15) is 5.11 Å². The topological polar surface area (TPSA) is 50.1 Å². The Morgan fingerprint density at radius 3 is 2.82 bits per heavy atom. The molecule has 1 aromatic heterocycles. The molecule has 1 atom stereocenters. The van der Waals surface area contributed by atoms with Gasteiger partial charge in [0.2, 0.25) is 0 Å². The van der Waals surface area contributed by atoms with Crippen LogP contribution in [0.2, 0.25) is 0 Å². The number of hydrogen-bond donors (Lipinski definition) is 2. The highest BCUT2D eigenvalue weighted by atomic mass is 79.9. The minimum absolute atomic E-state index is 0.0126. The molecule has 0 aliphatic carbocycles. The molecular weight excluding hydrogens is 282 g/mol. The number of aryl methyl sites for hydroxylation is 2. The van der Waals surface area contributed by atoms with Crippen LogP contribution < -0.4 is 5.32 Å². The van der Waals surface area contributed by atoms with Gasteiger partial charge in [0.05, 0.1) is 22.5 Å². The molecule has 1 fully saturated rings. The zero-order valence-electron chi connectivity index (χ0n) is 10.5. The SMILES string of the molecule is CCc1nn(C)c(CC2(CO)CCNC2)c1Br. The quantitative estimate of drug-likeness (QED) is 0.880. The number of nitrogens with zero attached hydrogens (tertiary/aromatic N) is 2. The van der Waals surface area contributed by atoms with Crippen molar-refractivity contribution in [2.24, 2.45) is 12.5 Å². The number of hydrogen-bond acceptors (Lipinski definition) is 3. The average molecular weight is 302 g/mol. The van der Waals surface area contributed by atoms with Crippen LogP contribution in [0.25, 0.3) is 0 Å². The molecule has 0 spiro atoms. The smallest absolute Gasteiger partial charge is 0.0766 e. The number of aromatic nitrogens is 2. The molecule has 0 radical (unpaired) electrons. The van der Waals surface area contributed by atoms with Crippen molar-refractivity contribution < 1.29 is 5.11 Å². The molecule has 1 aliphatic heterocycles. The number of halogens is 1. The highest BCUT2D eigenvalue weighted by molar-refractivity contribution is 9.10. The first kappa shape index (κ1) is 13.1. The maximum absolute atomic E-state index is 9.64. The van der Waals surface area contributed by atoms with Crippen molar-refractivity contribution in [2.45, 2.75) is 26.2 Å². The first-order valence-electron chi connectivity index (χ1n) is 6.14. The molecule has 1 aliphatic rings. The summed E-state index contributed by atoms with van der Waals surface area (Å²) in [7, 11) is 1.98. The standard InChI is InChI=1S/C12H20BrN3O/c1-3-9-11(13)10(16(2)15-9)6-12(8-17)4-5-14-7-12/h14,17H,3-8H2,1-2H3. The molecule has 2 N–H and O–H groups in total. The molecule has 5 heteroatoms. The van der Waals surface area contributed by atoms with E-state index in [4.69, 9.17) is 0 Å². The van der Waals surface area contributed by atoms with Gasteiger partial charge in [0.1, 0.15) is 0 Å². The second-order valence-electron chi connectivity index (χ2n) is 4.95. The van der Waals surface area contributed by atoms with Crippen LogP contribution >= 0.6 is 15.9 Å². The number of nitrogens with one attached hydrogen (secondary N) is 1. The summed E-state index contributed by atoms with van der Waals surface area (Å²) >= 11 is 3.64. The van der Waals surface area contributed by atoms with Gasteiger partial charge in [0.25, 0.3) is 0 Å². The van der Waals surface area contributed by atoms with E-state index >= 15 is 0 Å². The summed E-state index contributed by atoms with van der Waals surface area (Å²) in [6, 6.07) is 0. The number of rotatable bonds is 4. The summed E-state index contributed by atoms with van der Waals surface area (Å²) < 4.78 is 3.06. The molecule has 1 unspecified atom stereocenters. The Balaban J connectivity index is 2.25. The molecule has 0 bridgehead atoms. The largest absolute Gasteiger partial charge is 0.396 e. The fourth-order valence-electron chi connectivity index (χ4n) is 2.50. The summed E-state index contributed by atoms with van der Waals surface area (Å²) in [6.07, 6.45) is 2.84. The van der Waals surface area contributed by atoms with Gasteiger partial charge in [-0.25, -0.2) is 0 Å². The summed E-state index contributed by atoms with van der Waals surface area (Å²) in [5.41, 5.74) is 2.28. The predicted molar refractivity (Wildman–Crippen MR) is 71.0 cm³/mol. The van der Waals surface area contributed by atoms with E-state index in [2.05, 4.69) is 33.3 Å². The van der Waals surface area contributed by atoms with Gasteiger partial charge in [0.15, 0.2) is 0 Å². The van der Waals surface area contributed by atoms with Crippen LogP contribution in [0.5, 0.6) is 0 Å². The van der Waals surface area contributed by atoms with E-state index in [-0.39, 0.29) is 12.0 Å². The summed E-state index contributed by atoms with van der Waals surface area (Å²) in [6.45, 7) is 4.23. The molecule has 1 aromatic rings. The van der Waals surface area contributed by atoms with Crippen LogP contribution in [0, 0.1) is 5.41 Å². The summed E-state index contributed by atoms with van der Waals surface area (Å²) in [5, 5.41) is 17.5. The third-order valence-electron chi connectivity index (χ3n) is 3.71. The normalized spacial score (nSPS) is 24.5. The fourth-order valence-corrected chi connectivity index (χ4v) is 3.26. The van der Waals surface area contributed by atoms with E-state index < -0.39 is 0 Å². The predicted octanol–water partition coefficient (Wildman–Crippen LogP) is 1.26. The van der Waals surface area contributed by atoms with Gasteiger partial charge in [-0.3, -0.25) is 4.68 Å². The molecule has 1 saturated heterocycles. The Morgan fingerprint density at radius 1 is 1.59 bits per heavy atom. The van der Waals surface area contributed by atoms with Crippen LogP contribution in [0.3, 0.4) is 0 Å². The Kier molecular flexibility index (Phi) is 3.90. The maximum atomic E-state index is 9.64. The highest BCUT2D eigenvalue weighted by Gasteiger charge is 2.35. The van der Waals surface area contributed by atoms with Crippen molar-refractivity contribution in [1.82, 2.24) is 15.1 Å². The van der Waals surface area contributed by atoms with Crippen molar-refractivity contribution in [3.63, 3.8) is 0 Å². The maximum Gasteiger partial charge on any atom is 0.0766 e. The lowest BCUT2D eigenvalue weighted by molar-refractivity contribution is 0.140. The van der Waals surface area contributed by atoms with Gasteiger partial charge in [-0.15, -0.1) is 0 Å². The van der Waals surface area contributed by atoms with Crippen molar-refractivity contribution in [3.8, 4) is 0 Å². The van der Waals surface area contributed by atoms with E-state index in [0.717, 1.165) is 42.5 Å². The zero-order chi connectivity index (χ0) is 12.5. The molecule has 0 aromatic carbocycles. The Labute approximate surface area is 111 Å². The minimum Gasteiger partial charge on any atom is -0.396 e. The molecule has 4 nitrogen and oxygen atoms in total. The van der Waals surface area contributed by atoms with Crippen LogP contribution in [0.4, 0.5) is 0 Å². The fraction of sp³-hybridized carbons (Fsp3) is 0.750. The molecule has 96 valence electrons. The molecule has 0 amide bonds.